The maximum absolute atomic E-state index is 12.8. The molecule has 3 heterocycles. The van der Waals surface area contributed by atoms with Gasteiger partial charge in [0, 0.05) is 57.3 Å². The molecule has 1 N–H and O–H groups in total. The lowest BCUT2D eigenvalue weighted by Gasteiger charge is -2.37. The van der Waals surface area contributed by atoms with Crippen molar-refractivity contribution in [3.05, 3.63) is 99.8 Å². The van der Waals surface area contributed by atoms with Crippen LogP contribution in [0.3, 0.4) is 0 Å². The maximum atomic E-state index is 12.8. The van der Waals surface area contributed by atoms with Gasteiger partial charge in [0.05, 0.1) is 12.1 Å². The van der Waals surface area contributed by atoms with Crippen molar-refractivity contribution in [2.24, 2.45) is 0 Å². The Morgan fingerprint density at radius 3 is 2.20 bits per heavy atom. The number of carbonyl (C=O) groups is 2. The van der Waals surface area contributed by atoms with E-state index >= 15 is 0 Å². The van der Waals surface area contributed by atoms with Gasteiger partial charge in [0.1, 0.15) is 10.8 Å². The van der Waals surface area contributed by atoms with E-state index in [1.54, 1.807) is 35.4 Å². The Balaban J connectivity index is 1.10. The Hall–Kier alpha value is -3.63. The normalized spacial score (nSPS) is 17.2. The molecule has 0 unspecified atom stereocenters. The average molecular weight is 573 g/mol. The highest BCUT2D eigenvalue weighted by Gasteiger charge is 2.46. The number of alkyl halides is 3. The Morgan fingerprint density at radius 1 is 0.950 bits per heavy atom. The highest BCUT2D eigenvalue weighted by atomic mass is 35.5. The summed E-state index contributed by atoms with van der Waals surface area (Å²) in [5, 5.41) is 3.23. The van der Waals surface area contributed by atoms with Gasteiger partial charge in [-0.25, -0.2) is 9.78 Å². The molecule has 11 heteroatoms. The van der Waals surface area contributed by atoms with Gasteiger partial charge in [-0.1, -0.05) is 41.9 Å². The van der Waals surface area contributed by atoms with Gasteiger partial charge in [0.2, 0.25) is 0 Å². The first-order chi connectivity index (χ1) is 19.1. The fourth-order valence-electron chi connectivity index (χ4n) is 5.03. The van der Waals surface area contributed by atoms with Crippen molar-refractivity contribution in [2.45, 2.75) is 44.3 Å². The number of likely N-dealkylation sites (tertiary alicyclic amines) is 1. The minimum absolute atomic E-state index is 0.218. The molecule has 0 bridgehead atoms. The molecule has 1 aromatic heterocycles. The predicted molar refractivity (Wildman–Crippen MR) is 142 cm³/mol. The predicted octanol–water partition coefficient (Wildman–Crippen LogP) is 5.67. The zero-order valence-electron chi connectivity index (χ0n) is 21.6. The Labute approximate surface area is 234 Å². The summed E-state index contributed by atoms with van der Waals surface area (Å²) in [6.45, 7) is 3.07. The highest BCUT2D eigenvalue weighted by molar-refractivity contribution is 6.29. The number of halogens is 4. The van der Waals surface area contributed by atoms with Crippen molar-refractivity contribution < 1.29 is 27.5 Å². The smallest absolute Gasteiger partial charge is 0.416 e. The molecule has 0 aliphatic carbocycles. The van der Waals surface area contributed by atoms with Crippen LogP contribution in [0, 0.1) is 0 Å². The number of carbonyl (C=O) groups excluding carboxylic acids is 2. The fourth-order valence-corrected chi connectivity index (χ4v) is 5.14. The quantitative estimate of drug-likeness (QED) is 0.369. The van der Waals surface area contributed by atoms with Crippen LogP contribution in [-0.2, 0) is 30.5 Å². The molecule has 2 aliphatic heterocycles. The summed E-state index contributed by atoms with van der Waals surface area (Å²) in [7, 11) is 0. The number of amides is 2. The molecule has 40 heavy (non-hydrogen) atoms. The SMILES string of the molecule is O=C(NCc1ccc(Cl)nc1)c1ccc(CN2CC3(CCN(Cc4ccc(C(F)(F)F)cc4)CC3)OC2=O)cc1. The van der Waals surface area contributed by atoms with E-state index in [1.165, 1.54) is 12.1 Å². The van der Waals surface area contributed by atoms with Gasteiger partial charge in [-0.2, -0.15) is 13.2 Å². The molecule has 5 rings (SSSR count). The summed E-state index contributed by atoms with van der Waals surface area (Å²) >= 11 is 5.79. The number of pyridine rings is 1. The van der Waals surface area contributed by atoms with Crippen LogP contribution in [0.2, 0.25) is 5.15 Å². The van der Waals surface area contributed by atoms with Crippen LogP contribution < -0.4 is 5.32 Å². The van der Waals surface area contributed by atoms with E-state index in [2.05, 4.69) is 15.2 Å². The molecule has 3 aromatic rings. The molecule has 2 amide bonds. The van der Waals surface area contributed by atoms with E-state index in [0.717, 1.165) is 28.8 Å². The number of hydrogen-bond acceptors (Lipinski definition) is 5. The van der Waals surface area contributed by atoms with Crippen LogP contribution >= 0.6 is 11.6 Å². The van der Waals surface area contributed by atoms with Gasteiger partial charge in [-0.3, -0.25) is 14.6 Å². The first-order valence-corrected chi connectivity index (χ1v) is 13.3. The number of aromatic nitrogens is 1. The van der Waals surface area contributed by atoms with Crippen LogP contribution in [0.25, 0.3) is 0 Å². The molecule has 2 saturated heterocycles. The first-order valence-electron chi connectivity index (χ1n) is 12.9. The van der Waals surface area contributed by atoms with E-state index in [4.69, 9.17) is 16.3 Å². The molecule has 2 fully saturated rings. The van der Waals surface area contributed by atoms with Crippen LogP contribution in [0.1, 0.15) is 45.5 Å². The summed E-state index contributed by atoms with van der Waals surface area (Å²) < 4.78 is 44.3. The lowest BCUT2D eigenvalue weighted by atomic mass is 9.91. The molecule has 1 spiro atoms. The molecule has 2 aliphatic rings. The Morgan fingerprint density at radius 2 is 1.57 bits per heavy atom. The second-order valence-electron chi connectivity index (χ2n) is 10.2. The summed E-state index contributed by atoms with van der Waals surface area (Å²) in [6, 6.07) is 15.8. The molecule has 0 atom stereocenters. The minimum atomic E-state index is -4.35. The largest absolute Gasteiger partial charge is 0.441 e. The Kier molecular flexibility index (Phi) is 8.00. The van der Waals surface area contributed by atoms with Gasteiger partial charge in [0.25, 0.3) is 5.91 Å². The molecular formula is C29H28ClF3N4O3. The molecule has 7 nitrogen and oxygen atoms in total. The third-order valence-electron chi connectivity index (χ3n) is 7.33. The molecule has 0 radical (unpaired) electrons. The summed E-state index contributed by atoms with van der Waals surface area (Å²) in [5.41, 5.74) is 1.81. The lowest BCUT2D eigenvalue weighted by Crippen LogP contribution is -2.46. The topological polar surface area (TPSA) is 74.8 Å². The first kappa shape index (κ1) is 27.9. The zero-order valence-corrected chi connectivity index (χ0v) is 22.3. The number of nitrogens with zero attached hydrogens (tertiary/aromatic N) is 3. The standard InChI is InChI=1S/C29H28ClF3N4O3/c30-25-10-5-22(15-34-25)16-35-26(38)23-6-1-21(2-7-23)18-37-19-28(40-27(37)39)11-13-36(14-12-28)17-20-3-8-24(9-4-20)29(31,32)33/h1-10,15H,11-14,16-19H2,(H,35,38). The second-order valence-corrected chi connectivity index (χ2v) is 10.6. The minimum Gasteiger partial charge on any atom is -0.441 e. The van der Waals surface area contributed by atoms with Crippen molar-refractivity contribution in [1.29, 1.82) is 0 Å². The molecular weight excluding hydrogens is 545 g/mol. The second kappa shape index (κ2) is 11.5. The van der Waals surface area contributed by atoms with Crippen molar-refractivity contribution in [2.75, 3.05) is 19.6 Å². The van der Waals surface area contributed by atoms with Gasteiger partial charge in [-0.15, -0.1) is 0 Å². The van der Waals surface area contributed by atoms with Crippen LogP contribution in [-0.4, -0.2) is 52.0 Å². The summed E-state index contributed by atoms with van der Waals surface area (Å²) in [6.07, 6.45) is -1.80. The maximum Gasteiger partial charge on any atom is 0.416 e. The third kappa shape index (κ3) is 6.74. The number of rotatable bonds is 7. The molecule has 2 aromatic carbocycles. The van der Waals surface area contributed by atoms with E-state index in [1.807, 2.05) is 12.1 Å². The van der Waals surface area contributed by atoms with Crippen LogP contribution in [0.4, 0.5) is 18.0 Å². The van der Waals surface area contributed by atoms with E-state index in [-0.39, 0.29) is 12.0 Å². The van der Waals surface area contributed by atoms with Crippen molar-refractivity contribution in [3.8, 4) is 0 Å². The fraction of sp³-hybridized carbons (Fsp3) is 0.345. The average Bonchev–Trinajstić information content (AvgIpc) is 3.23. The number of ether oxygens (including phenoxy) is 1. The van der Waals surface area contributed by atoms with Gasteiger partial charge < -0.3 is 10.1 Å². The highest BCUT2D eigenvalue weighted by Crippen LogP contribution is 2.35. The van der Waals surface area contributed by atoms with E-state index in [9.17, 15) is 22.8 Å². The monoisotopic (exact) mass is 572 g/mol. The molecule has 210 valence electrons. The summed E-state index contributed by atoms with van der Waals surface area (Å²) in [4.78, 5) is 33.0. The lowest BCUT2D eigenvalue weighted by molar-refractivity contribution is -0.137. The van der Waals surface area contributed by atoms with Crippen molar-refractivity contribution in [1.82, 2.24) is 20.1 Å². The number of benzene rings is 2. The van der Waals surface area contributed by atoms with Gasteiger partial charge in [0.15, 0.2) is 0 Å². The number of nitrogens with one attached hydrogen (secondary N) is 1. The Bertz CT molecular complexity index is 1340. The number of piperidine rings is 1. The zero-order chi connectivity index (χ0) is 28.3. The van der Waals surface area contributed by atoms with Gasteiger partial charge in [-0.05, 0) is 47.0 Å². The van der Waals surface area contributed by atoms with Crippen molar-refractivity contribution in [3.63, 3.8) is 0 Å². The third-order valence-corrected chi connectivity index (χ3v) is 7.55. The van der Waals surface area contributed by atoms with Crippen LogP contribution in [0.15, 0.2) is 66.9 Å². The number of hydrogen-bond donors (Lipinski definition) is 1. The van der Waals surface area contributed by atoms with E-state index in [0.29, 0.717) is 62.8 Å². The van der Waals surface area contributed by atoms with Crippen LogP contribution in [0.5, 0.6) is 0 Å². The summed E-state index contributed by atoms with van der Waals surface area (Å²) in [5.74, 6) is -0.218. The van der Waals surface area contributed by atoms with E-state index < -0.39 is 17.3 Å². The van der Waals surface area contributed by atoms with Crippen molar-refractivity contribution >= 4 is 23.6 Å². The molecule has 0 saturated carbocycles. The van der Waals surface area contributed by atoms with Gasteiger partial charge >= 0.3 is 12.3 Å².